The van der Waals surface area contributed by atoms with Crippen molar-refractivity contribution in [3.63, 3.8) is 0 Å². The molecule has 0 spiro atoms. The van der Waals surface area contributed by atoms with Crippen LogP contribution in [0.4, 0.5) is 0 Å². The number of thiazole rings is 1. The van der Waals surface area contributed by atoms with E-state index in [0.717, 1.165) is 21.0 Å². The molecule has 0 fully saturated rings. The first kappa shape index (κ1) is 18.7. The molecule has 26 heavy (non-hydrogen) atoms. The number of rotatable bonds is 5. The molecule has 3 rings (SSSR count). The highest BCUT2D eigenvalue weighted by atomic mass is 35.5. The predicted molar refractivity (Wildman–Crippen MR) is 104 cm³/mol. The van der Waals surface area contributed by atoms with Crippen molar-refractivity contribution >= 4 is 40.5 Å². The van der Waals surface area contributed by atoms with Gasteiger partial charge in [-0.3, -0.25) is 0 Å². The highest BCUT2D eigenvalue weighted by molar-refractivity contribution is 7.15. The third kappa shape index (κ3) is 4.18. The highest BCUT2D eigenvalue weighted by Crippen LogP contribution is 2.32. The molecule has 0 aliphatic rings. The lowest BCUT2D eigenvalue weighted by atomic mass is 10.1. The van der Waals surface area contributed by atoms with Gasteiger partial charge in [0.2, 0.25) is 5.88 Å². The van der Waals surface area contributed by atoms with Crippen LogP contribution in [0.1, 0.15) is 20.8 Å². The topological polar surface area (TPSA) is 48.4 Å². The molecule has 0 N–H and O–H groups in total. The number of nitrogens with zero attached hydrogens (tertiary/aromatic N) is 1. The van der Waals surface area contributed by atoms with Gasteiger partial charge in [0.05, 0.1) is 27.6 Å². The van der Waals surface area contributed by atoms with Crippen molar-refractivity contribution in [3.8, 4) is 16.5 Å². The van der Waals surface area contributed by atoms with Crippen molar-refractivity contribution in [3.05, 3.63) is 68.5 Å². The van der Waals surface area contributed by atoms with E-state index in [0.29, 0.717) is 28.1 Å². The maximum absolute atomic E-state index is 11.5. The standard InChI is InChI=1S/C19H15Cl2NO3S/c1-11-17(25-10-12-3-8-15(20)16(21)9-12)22-18(26-11)13-4-6-14(7-5-13)19(23)24-2/h3-9H,10H2,1-2H3. The molecule has 3 aromatic rings. The van der Waals surface area contributed by atoms with Gasteiger partial charge >= 0.3 is 5.97 Å². The molecule has 1 heterocycles. The normalized spacial score (nSPS) is 10.6. The molecule has 1 aromatic heterocycles. The Bertz CT molecular complexity index is 938. The third-order valence-corrected chi connectivity index (χ3v) is 5.41. The van der Waals surface area contributed by atoms with E-state index in [1.807, 2.05) is 25.1 Å². The van der Waals surface area contributed by atoms with Gasteiger partial charge in [0, 0.05) is 5.56 Å². The minimum absolute atomic E-state index is 0.349. The highest BCUT2D eigenvalue weighted by Gasteiger charge is 2.12. The van der Waals surface area contributed by atoms with Gasteiger partial charge in [-0.2, -0.15) is 0 Å². The zero-order chi connectivity index (χ0) is 18.7. The number of aromatic nitrogens is 1. The Morgan fingerprint density at radius 2 is 1.85 bits per heavy atom. The van der Waals surface area contributed by atoms with Crippen LogP contribution in [0.2, 0.25) is 10.0 Å². The number of methoxy groups -OCH3 is 1. The van der Waals surface area contributed by atoms with Crippen LogP contribution >= 0.6 is 34.5 Å². The van der Waals surface area contributed by atoms with E-state index in [1.165, 1.54) is 18.4 Å². The fraction of sp³-hybridized carbons (Fsp3) is 0.158. The van der Waals surface area contributed by atoms with Gasteiger partial charge in [-0.25, -0.2) is 9.78 Å². The molecule has 0 atom stereocenters. The molecule has 0 saturated heterocycles. The second-order valence-electron chi connectivity index (χ2n) is 5.49. The smallest absolute Gasteiger partial charge is 0.337 e. The Morgan fingerprint density at radius 3 is 2.50 bits per heavy atom. The van der Waals surface area contributed by atoms with E-state index in [-0.39, 0.29) is 5.97 Å². The van der Waals surface area contributed by atoms with Crippen LogP contribution in [-0.2, 0) is 11.3 Å². The fourth-order valence-corrected chi connectivity index (χ4v) is 3.47. The van der Waals surface area contributed by atoms with Crippen molar-refractivity contribution in [1.29, 1.82) is 0 Å². The van der Waals surface area contributed by atoms with E-state index in [1.54, 1.807) is 24.3 Å². The largest absolute Gasteiger partial charge is 0.472 e. The molecule has 0 unspecified atom stereocenters. The summed E-state index contributed by atoms with van der Waals surface area (Å²) in [4.78, 5) is 17.0. The average molecular weight is 408 g/mol. The molecular weight excluding hydrogens is 393 g/mol. The van der Waals surface area contributed by atoms with Gasteiger partial charge in [0.15, 0.2) is 0 Å². The quantitative estimate of drug-likeness (QED) is 0.502. The SMILES string of the molecule is COC(=O)c1ccc(-c2nc(OCc3ccc(Cl)c(Cl)c3)c(C)s2)cc1. The minimum Gasteiger partial charge on any atom is -0.472 e. The fourth-order valence-electron chi connectivity index (χ4n) is 2.29. The van der Waals surface area contributed by atoms with E-state index in [4.69, 9.17) is 32.7 Å². The summed E-state index contributed by atoms with van der Waals surface area (Å²) >= 11 is 13.5. The molecule has 0 amide bonds. The molecule has 0 aliphatic carbocycles. The van der Waals surface area contributed by atoms with Gasteiger partial charge in [-0.05, 0) is 36.8 Å². The molecule has 0 aliphatic heterocycles. The number of aryl methyl sites for hydroxylation is 1. The van der Waals surface area contributed by atoms with Crippen molar-refractivity contribution in [2.24, 2.45) is 0 Å². The lowest BCUT2D eigenvalue weighted by Crippen LogP contribution is -2.00. The average Bonchev–Trinajstić information content (AvgIpc) is 3.03. The van der Waals surface area contributed by atoms with Crippen LogP contribution in [0.3, 0.4) is 0 Å². The maximum atomic E-state index is 11.5. The first-order chi connectivity index (χ1) is 12.5. The van der Waals surface area contributed by atoms with Crippen LogP contribution in [-0.4, -0.2) is 18.1 Å². The van der Waals surface area contributed by atoms with E-state index < -0.39 is 0 Å². The van der Waals surface area contributed by atoms with Crippen LogP contribution in [0.25, 0.3) is 10.6 Å². The number of esters is 1. The Morgan fingerprint density at radius 1 is 1.12 bits per heavy atom. The van der Waals surface area contributed by atoms with Crippen LogP contribution < -0.4 is 4.74 Å². The van der Waals surface area contributed by atoms with E-state index >= 15 is 0 Å². The molecule has 0 bridgehead atoms. The lowest BCUT2D eigenvalue weighted by Gasteiger charge is -2.05. The number of carbonyl (C=O) groups excluding carboxylic acids is 1. The molecule has 7 heteroatoms. The summed E-state index contributed by atoms with van der Waals surface area (Å²) < 4.78 is 10.5. The van der Waals surface area contributed by atoms with Gasteiger partial charge in [-0.15, -0.1) is 11.3 Å². The van der Waals surface area contributed by atoms with Gasteiger partial charge < -0.3 is 9.47 Å². The van der Waals surface area contributed by atoms with Crippen LogP contribution in [0.15, 0.2) is 42.5 Å². The molecule has 134 valence electrons. The molecule has 2 aromatic carbocycles. The first-order valence-corrected chi connectivity index (χ1v) is 9.28. The zero-order valence-corrected chi connectivity index (χ0v) is 16.4. The minimum atomic E-state index is -0.363. The van der Waals surface area contributed by atoms with Gasteiger partial charge in [0.25, 0.3) is 0 Å². The summed E-state index contributed by atoms with van der Waals surface area (Å²) in [6, 6.07) is 12.5. The summed E-state index contributed by atoms with van der Waals surface area (Å²) in [5.41, 5.74) is 2.33. The molecular formula is C19H15Cl2NO3S. The van der Waals surface area contributed by atoms with Crippen molar-refractivity contribution in [2.75, 3.05) is 7.11 Å². The van der Waals surface area contributed by atoms with Gasteiger partial charge in [0.1, 0.15) is 11.6 Å². The molecule has 0 radical (unpaired) electrons. The van der Waals surface area contributed by atoms with Gasteiger partial charge in [-0.1, -0.05) is 41.4 Å². The second-order valence-corrected chi connectivity index (χ2v) is 7.50. The summed E-state index contributed by atoms with van der Waals surface area (Å²) in [6.07, 6.45) is 0. The third-order valence-electron chi connectivity index (χ3n) is 3.67. The maximum Gasteiger partial charge on any atom is 0.337 e. The van der Waals surface area contributed by atoms with Crippen molar-refractivity contribution < 1.29 is 14.3 Å². The summed E-state index contributed by atoms with van der Waals surface area (Å²) in [5, 5.41) is 1.83. The van der Waals surface area contributed by atoms with Crippen LogP contribution in [0, 0.1) is 6.92 Å². The van der Waals surface area contributed by atoms with Crippen molar-refractivity contribution in [1.82, 2.24) is 4.98 Å². The van der Waals surface area contributed by atoms with Crippen LogP contribution in [0.5, 0.6) is 5.88 Å². The predicted octanol–water partition coefficient (Wildman–Crippen LogP) is 5.79. The van der Waals surface area contributed by atoms with E-state index in [2.05, 4.69) is 4.98 Å². The number of hydrogen-bond acceptors (Lipinski definition) is 5. The summed E-state index contributed by atoms with van der Waals surface area (Å²) in [6.45, 7) is 2.30. The Kier molecular flexibility index (Phi) is 5.81. The number of ether oxygens (including phenoxy) is 2. The number of carbonyl (C=O) groups is 1. The summed E-state index contributed by atoms with van der Waals surface area (Å²) in [7, 11) is 1.36. The lowest BCUT2D eigenvalue weighted by molar-refractivity contribution is 0.0601. The van der Waals surface area contributed by atoms with E-state index in [9.17, 15) is 4.79 Å². The summed E-state index contributed by atoms with van der Waals surface area (Å²) in [5.74, 6) is 0.214. The number of benzene rings is 2. The first-order valence-electron chi connectivity index (χ1n) is 7.71. The van der Waals surface area contributed by atoms with Crippen molar-refractivity contribution in [2.45, 2.75) is 13.5 Å². The second kappa shape index (κ2) is 8.08. The zero-order valence-electron chi connectivity index (χ0n) is 14.1. The Hall–Kier alpha value is -2.08. The Balaban J connectivity index is 1.74. The Labute approximate surface area is 165 Å². The number of hydrogen-bond donors (Lipinski definition) is 0. The molecule has 0 saturated carbocycles. The number of halogens is 2. The molecule has 4 nitrogen and oxygen atoms in total. The monoisotopic (exact) mass is 407 g/mol.